The van der Waals surface area contributed by atoms with Gasteiger partial charge in [0, 0.05) is 23.3 Å². The molecule has 172 valence electrons. The monoisotopic (exact) mass is 498 g/mol. The van der Waals surface area contributed by atoms with Gasteiger partial charge in [-0.25, -0.2) is 4.79 Å². The molecule has 0 bridgehead atoms. The number of nitro benzene ring substituents is 1. The van der Waals surface area contributed by atoms with E-state index in [0.29, 0.717) is 28.8 Å². The number of nitro groups is 1. The Bertz CT molecular complexity index is 1360. The third-order valence-corrected chi connectivity index (χ3v) is 6.18. The predicted molar refractivity (Wildman–Crippen MR) is 125 cm³/mol. The molecule has 0 unspecified atom stereocenters. The number of carbonyl (C=O) groups excluding carboxylic acids is 3. The minimum absolute atomic E-state index is 0.121. The molecule has 2 amide bonds. The van der Waals surface area contributed by atoms with Crippen LogP contribution in [0, 0.1) is 10.1 Å². The van der Waals surface area contributed by atoms with Crippen LogP contribution in [0.4, 0.5) is 10.5 Å². The molecular formula is C23H15ClN2O7S. The van der Waals surface area contributed by atoms with Crippen molar-refractivity contribution in [2.24, 2.45) is 0 Å². The number of imide groups is 1. The van der Waals surface area contributed by atoms with Crippen LogP contribution in [0.15, 0.2) is 63.9 Å². The van der Waals surface area contributed by atoms with Crippen molar-refractivity contribution >= 4 is 52.2 Å². The summed E-state index contributed by atoms with van der Waals surface area (Å²) in [5.74, 6) is -0.454. The number of carbonyl (C=O) groups is 3. The topological polar surface area (TPSA) is 120 Å². The molecule has 11 heteroatoms. The van der Waals surface area contributed by atoms with Crippen LogP contribution in [0.5, 0.6) is 0 Å². The van der Waals surface area contributed by atoms with Gasteiger partial charge in [-0.05, 0) is 42.1 Å². The summed E-state index contributed by atoms with van der Waals surface area (Å²) in [4.78, 5) is 48.9. The van der Waals surface area contributed by atoms with Crippen molar-refractivity contribution < 1.29 is 28.5 Å². The van der Waals surface area contributed by atoms with Crippen molar-refractivity contribution in [3.63, 3.8) is 0 Å². The zero-order valence-electron chi connectivity index (χ0n) is 17.5. The molecule has 0 radical (unpaired) electrons. The number of thioether (sulfide) groups is 1. The second-order valence-corrected chi connectivity index (χ2v) is 8.44. The van der Waals surface area contributed by atoms with Crippen molar-refractivity contribution in [2.75, 3.05) is 7.11 Å². The predicted octanol–water partition coefficient (Wildman–Crippen LogP) is 5.53. The molecule has 4 rings (SSSR count). The van der Waals surface area contributed by atoms with Crippen LogP contribution in [0.25, 0.3) is 17.4 Å². The van der Waals surface area contributed by atoms with E-state index in [0.717, 1.165) is 4.90 Å². The first-order chi connectivity index (χ1) is 16.3. The van der Waals surface area contributed by atoms with Gasteiger partial charge >= 0.3 is 5.97 Å². The Hall–Kier alpha value is -3.89. The highest BCUT2D eigenvalue weighted by Crippen LogP contribution is 2.35. The second kappa shape index (κ2) is 9.54. The molecule has 0 aliphatic carbocycles. The Kier molecular flexibility index (Phi) is 6.53. The Morgan fingerprint density at radius 2 is 1.97 bits per heavy atom. The van der Waals surface area contributed by atoms with E-state index in [-0.39, 0.29) is 33.3 Å². The zero-order chi connectivity index (χ0) is 24.4. The second-order valence-electron chi connectivity index (χ2n) is 7.04. The van der Waals surface area contributed by atoms with Gasteiger partial charge in [0.15, 0.2) is 0 Å². The molecule has 0 saturated carbocycles. The van der Waals surface area contributed by atoms with E-state index in [1.165, 1.54) is 37.5 Å². The first-order valence-corrected chi connectivity index (χ1v) is 10.9. The van der Waals surface area contributed by atoms with E-state index in [1.54, 1.807) is 30.3 Å². The molecule has 1 aliphatic heterocycles. The van der Waals surface area contributed by atoms with Crippen LogP contribution >= 0.6 is 23.4 Å². The average Bonchev–Trinajstić information content (AvgIpc) is 3.39. The number of hydrogen-bond donors (Lipinski definition) is 0. The van der Waals surface area contributed by atoms with Crippen LogP contribution in [0.2, 0.25) is 5.02 Å². The molecule has 0 atom stereocenters. The number of nitrogens with zero attached hydrogens (tertiary/aromatic N) is 2. The van der Waals surface area contributed by atoms with Crippen LogP contribution in [0.1, 0.15) is 21.7 Å². The lowest BCUT2D eigenvalue weighted by molar-refractivity contribution is -0.385. The Morgan fingerprint density at radius 3 is 2.71 bits per heavy atom. The Labute approximate surface area is 202 Å². The highest BCUT2D eigenvalue weighted by molar-refractivity contribution is 8.18. The first kappa shape index (κ1) is 23.3. The summed E-state index contributed by atoms with van der Waals surface area (Å²) < 4.78 is 10.5. The van der Waals surface area contributed by atoms with Crippen molar-refractivity contribution in [3.8, 4) is 11.3 Å². The third kappa shape index (κ3) is 4.59. The van der Waals surface area contributed by atoms with Gasteiger partial charge in [0.2, 0.25) is 0 Å². The summed E-state index contributed by atoms with van der Waals surface area (Å²) in [6.07, 6.45) is 1.42. The number of methoxy groups -OCH3 is 1. The van der Waals surface area contributed by atoms with Gasteiger partial charge in [-0.3, -0.25) is 24.6 Å². The van der Waals surface area contributed by atoms with E-state index in [1.807, 2.05) is 0 Å². The maximum atomic E-state index is 12.8. The third-order valence-electron chi connectivity index (χ3n) is 4.95. The number of hydrogen-bond acceptors (Lipinski definition) is 8. The number of furan rings is 1. The van der Waals surface area contributed by atoms with E-state index < -0.39 is 22.0 Å². The molecule has 1 saturated heterocycles. The fourth-order valence-corrected chi connectivity index (χ4v) is 4.30. The van der Waals surface area contributed by atoms with Crippen LogP contribution in [0.3, 0.4) is 0 Å². The Balaban J connectivity index is 1.56. The van der Waals surface area contributed by atoms with E-state index in [9.17, 15) is 24.5 Å². The van der Waals surface area contributed by atoms with Crippen molar-refractivity contribution in [3.05, 3.63) is 91.5 Å². The number of benzene rings is 2. The summed E-state index contributed by atoms with van der Waals surface area (Å²) >= 11 is 6.77. The largest absolute Gasteiger partial charge is 0.465 e. The Morgan fingerprint density at radius 1 is 1.21 bits per heavy atom. The molecule has 0 spiro atoms. The lowest BCUT2D eigenvalue weighted by Gasteiger charge is -2.12. The number of halogens is 1. The van der Waals surface area contributed by atoms with Crippen molar-refractivity contribution in [1.29, 1.82) is 0 Å². The van der Waals surface area contributed by atoms with Gasteiger partial charge in [0.25, 0.3) is 16.8 Å². The molecular weight excluding hydrogens is 484 g/mol. The van der Waals surface area contributed by atoms with Crippen LogP contribution in [-0.2, 0) is 16.1 Å². The van der Waals surface area contributed by atoms with Gasteiger partial charge in [-0.2, -0.15) is 0 Å². The minimum Gasteiger partial charge on any atom is -0.465 e. The number of rotatable bonds is 6. The summed E-state index contributed by atoms with van der Waals surface area (Å²) in [6.45, 7) is -0.219. The minimum atomic E-state index is -0.592. The van der Waals surface area contributed by atoms with Crippen molar-refractivity contribution in [2.45, 2.75) is 6.54 Å². The lowest BCUT2D eigenvalue weighted by Crippen LogP contribution is -2.27. The summed E-state index contributed by atoms with van der Waals surface area (Å²) in [5.41, 5.74) is 0.820. The normalized spacial score (nSPS) is 14.6. The molecule has 34 heavy (non-hydrogen) atoms. The maximum Gasteiger partial charge on any atom is 0.339 e. The highest BCUT2D eigenvalue weighted by Gasteiger charge is 2.36. The number of esters is 1. The van der Waals surface area contributed by atoms with E-state index in [2.05, 4.69) is 0 Å². The molecule has 1 aliphatic rings. The standard InChI is InChI=1S/C23H15ClN2O7S/c1-32-22(28)16-10-13(6-8-17(16)24)19-9-7-15(33-19)11-20-21(27)25(23(29)34-20)12-14-4-2-3-5-18(14)26(30)31/h2-11H,12H2,1H3/b20-11-. The fourth-order valence-electron chi connectivity index (χ4n) is 3.29. The molecule has 3 aromatic rings. The van der Waals surface area contributed by atoms with E-state index >= 15 is 0 Å². The quantitative estimate of drug-likeness (QED) is 0.188. The van der Waals surface area contributed by atoms with Gasteiger partial charge < -0.3 is 9.15 Å². The smallest absolute Gasteiger partial charge is 0.339 e. The zero-order valence-corrected chi connectivity index (χ0v) is 19.1. The average molecular weight is 499 g/mol. The van der Waals surface area contributed by atoms with Gasteiger partial charge in [-0.15, -0.1) is 0 Å². The molecule has 9 nitrogen and oxygen atoms in total. The molecule has 1 fully saturated rings. The number of ether oxygens (including phenoxy) is 1. The lowest BCUT2D eigenvalue weighted by atomic mass is 10.1. The summed E-state index contributed by atoms with van der Waals surface area (Å²) in [7, 11) is 1.25. The molecule has 2 aromatic carbocycles. The molecule has 1 aromatic heterocycles. The van der Waals surface area contributed by atoms with E-state index in [4.69, 9.17) is 20.8 Å². The SMILES string of the molecule is COC(=O)c1cc(-c2ccc(/C=C3\SC(=O)N(Cc4ccccc4[N+](=O)[O-])C3=O)o2)ccc1Cl. The van der Waals surface area contributed by atoms with Gasteiger partial charge in [-0.1, -0.05) is 29.8 Å². The number of amides is 2. The highest BCUT2D eigenvalue weighted by atomic mass is 35.5. The first-order valence-electron chi connectivity index (χ1n) is 9.74. The maximum absolute atomic E-state index is 12.8. The summed E-state index contributed by atoms with van der Waals surface area (Å²) in [6, 6.07) is 13.9. The van der Waals surface area contributed by atoms with Crippen LogP contribution < -0.4 is 0 Å². The molecule has 2 heterocycles. The van der Waals surface area contributed by atoms with Crippen LogP contribution in [-0.4, -0.2) is 34.0 Å². The fraction of sp³-hybridized carbons (Fsp3) is 0.0870. The van der Waals surface area contributed by atoms with Crippen molar-refractivity contribution in [1.82, 2.24) is 4.90 Å². The number of para-hydroxylation sites is 1. The van der Waals surface area contributed by atoms with Gasteiger partial charge in [0.1, 0.15) is 11.5 Å². The van der Waals surface area contributed by atoms with Gasteiger partial charge in [0.05, 0.1) is 34.1 Å². The summed E-state index contributed by atoms with van der Waals surface area (Å²) in [5, 5.41) is 10.9. The molecule has 0 N–H and O–H groups in total.